The van der Waals surface area contributed by atoms with Gasteiger partial charge in [0.15, 0.2) is 0 Å². The van der Waals surface area contributed by atoms with Crippen LogP contribution in [0, 0.1) is 0 Å². The Balaban J connectivity index is 1.45. The highest BCUT2D eigenvalue weighted by molar-refractivity contribution is 7.89. The molecule has 9 heteroatoms. The second kappa shape index (κ2) is 11.9. The molecule has 0 atom stereocenters. The molecular weight excluding hydrogens is 442 g/mol. The summed E-state index contributed by atoms with van der Waals surface area (Å²) >= 11 is 0. The van der Waals surface area contributed by atoms with Gasteiger partial charge in [-0.15, -0.1) is 0 Å². The van der Waals surface area contributed by atoms with Gasteiger partial charge in [-0.05, 0) is 36.6 Å². The average molecular weight is 474 g/mol. The minimum atomic E-state index is -3.53. The fourth-order valence-electron chi connectivity index (χ4n) is 3.58. The lowest BCUT2D eigenvalue weighted by atomic mass is 10.1. The maximum Gasteiger partial charge on any atom is 0.243 e. The van der Waals surface area contributed by atoms with E-state index in [0.29, 0.717) is 45.8 Å². The van der Waals surface area contributed by atoms with Gasteiger partial charge in [-0.1, -0.05) is 42.5 Å². The summed E-state index contributed by atoms with van der Waals surface area (Å²) < 4.78 is 32.0. The fraction of sp³-hybridized carbons (Fsp3) is 0.417. The van der Waals surface area contributed by atoms with Crippen molar-refractivity contribution in [3.05, 3.63) is 65.7 Å². The van der Waals surface area contributed by atoms with Gasteiger partial charge in [-0.3, -0.25) is 9.59 Å². The lowest BCUT2D eigenvalue weighted by Gasteiger charge is -2.26. The quantitative estimate of drug-likeness (QED) is 0.568. The Labute approximate surface area is 195 Å². The summed E-state index contributed by atoms with van der Waals surface area (Å²) in [6.07, 6.45) is 0.674. The van der Waals surface area contributed by atoms with Crippen LogP contribution in [0.15, 0.2) is 59.5 Å². The summed E-state index contributed by atoms with van der Waals surface area (Å²) in [6.45, 7) is 4.43. The van der Waals surface area contributed by atoms with E-state index in [1.807, 2.05) is 37.3 Å². The molecule has 0 unspecified atom stereocenters. The number of sulfonamides is 1. The van der Waals surface area contributed by atoms with Crippen molar-refractivity contribution in [2.45, 2.75) is 31.2 Å². The topological polar surface area (TPSA) is 96.0 Å². The minimum absolute atomic E-state index is 0.0454. The van der Waals surface area contributed by atoms with Gasteiger partial charge in [0.05, 0.1) is 24.7 Å². The molecule has 1 aliphatic heterocycles. The zero-order valence-electron chi connectivity index (χ0n) is 18.9. The van der Waals surface area contributed by atoms with E-state index in [-0.39, 0.29) is 29.7 Å². The summed E-state index contributed by atoms with van der Waals surface area (Å²) in [7, 11) is -3.53. The van der Waals surface area contributed by atoms with Gasteiger partial charge < -0.3 is 15.0 Å². The summed E-state index contributed by atoms with van der Waals surface area (Å²) in [5.74, 6) is -0.350. The van der Waals surface area contributed by atoms with Gasteiger partial charge in [-0.2, -0.15) is 4.31 Å². The molecule has 1 fully saturated rings. The van der Waals surface area contributed by atoms with Crippen LogP contribution in [-0.2, 0) is 37.3 Å². The van der Waals surface area contributed by atoms with E-state index in [1.54, 1.807) is 29.2 Å². The largest absolute Gasteiger partial charge is 0.379 e. The molecule has 1 heterocycles. The number of nitrogens with one attached hydrogen (secondary N) is 1. The first-order chi connectivity index (χ1) is 15.9. The molecule has 178 valence electrons. The molecule has 0 saturated carbocycles. The van der Waals surface area contributed by atoms with Gasteiger partial charge in [0.2, 0.25) is 21.8 Å². The van der Waals surface area contributed by atoms with Crippen molar-refractivity contribution in [2.75, 3.05) is 39.4 Å². The fourth-order valence-corrected chi connectivity index (χ4v) is 4.98. The summed E-state index contributed by atoms with van der Waals surface area (Å²) in [6, 6.07) is 16.3. The van der Waals surface area contributed by atoms with Gasteiger partial charge in [0.1, 0.15) is 0 Å². The number of hydrogen-bond acceptors (Lipinski definition) is 5. The van der Waals surface area contributed by atoms with Crippen molar-refractivity contribution < 1.29 is 22.7 Å². The molecule has 2 amide bonds. The SMILES string of the molecule is CCN(Cc1ccccc1)C(=O)CNC(=O)CCc1ccc(S(=O)(=O)N2CCOCC2)cc1. The Morgan fingerprint density at radius 2 is 1.67 bits per heavy atom. The Kier molecular flexibility index (Phi) is 8.99. The third kappa shape index (κ3) is 7.12. The van der Waals surface area contributed by atoms with Crippen LogP contribution in [0.2, 0.25) is 0 Å². The molecule has 8 nitrogen and oxygen atoms in total. The lowest BCUT2D eigenvalue weighted by molar-refractivity contribution is -0.133. The highest BCUT2D eigenvalue weighted by atomic mass is 32.2. The van der Waals surface area contributed by atoms with Crippen molar-refractivity contribution in [3.8, 4) is 0 Å². The molecule has 0 spiro atoms. The van der Waals surface area contributed by atoms with E-state index in [4.69, 9.17) is 4.74 Å². The van der Waals surface area contributed by atoms with Crippen LogP contribution >= 0.6 is 0 Å². The number of benzene rings is 2. The maximum absolute atomic E-state index is 12.7. The number of morpholine rings is 1. The van der Waals surface area contributed by atoms with Gasteiger partial charge in [-0.25, -0.2) is 8.42 Å². The third-order valence-electron chi connectivity index (χ3n) is 5.56. The Hall–Kier alpha value is -2.75. The van der Waals surface area contributed by atoms with Crippen LogP contribution in [0.5, 0.6) is 0 Å². The Bertz CT molecular complexity index is 1020. The number of likely N-dealkylation sites (N-methyl/N-ethyl adjacent to an activating group) is 1. The summed E-state index contributed by atoms with van der Waals surface area (Å²) in [5.41, 5.74) is 1.90. The number of ether oxygens (including phenoxy) is 1. The van der Waals surface area contributed by atoms with E-state index in [9.17, 15) is 18.0 Å². The smallest absolute Gasteiger partial charge is 0.243 e. The molecule has 0 aromatic heterocycles. The molecule has 2 aromatic carbocycles. The summed E-state index contributed by atoms with van der Waals surface area (Å²) in [5, 5.41) is 2.69. The molecule has 1 saturated heterocycles. The zero-order chi connectivity index (χ0) is 23.7. The van der Waals surface area contributed by atoms with E-state index in [1.165, 1.54) is 4.31 Å². The summed E-state index contributed by atoms with van der Waals surface area (Å²) in [4.78, 5) is 26.6. The molecule has 1 N–H and O–H groups in total. The number of carbonyl (C=O) groups is 2. The van der Waals surface area contributed by atoms with Crippen molar-refractivity contribution >= 4 is 21.8 Å². The Morgan fingerprint density at radius 3 is 2.30 bits per heavy atom. The maximum atomic E-state index is 12.7. The molecule has 2 aromatic rings. The zero-order valence-corrected chi connectivity index (χ0v) is 19.7. The van der Waals surface area contributed by atoms with Gasteiger partial charge in [0.25, 0.3) is 0 Å². The predicted molar refractivity (Wildman–Crippen MR) is 125 cm³/mol. The van der Waals surface area contributed by atoms with Crippen LogP contribution in [0.4, 0.5) is 0 Å². The number of carbonyl (C=O) groups excluding carboxylic acids is 2. The average Bonchev–Trinajstić information content (AvgIpc) is 2.86. The van der Waals surface area contributed by atoms with Crippen LogP contribution in [0.25, 0.3) is 0 Å². The predicted octanol–water partition coefficient (Wildman–Crippen LogP) is 1.81. The van der Waals surface area contributed by atoms with E-state index in [2.05, 4.69) is 5.32 Å². The van der Waals surface area contributed by atoms with Crippen molar-refractivity contribution in [2.24, 2.45) is 0 Å². The number of amides is 2. The minimum Gasteiger partial charge on any atom is -0.379 e. The number of rotatable bonds is 10. The third-order valence-corrected chi connectivity index (χ3v) is 7.47. The van der Waals surface area contributed by atoms with Gasteiger partial charge >= 0.3 is 0 Å². The Morgan fingerprint density at radius 1 is 1.00 bits per heavy atom. The van der Waals surface area contributed by atoms with Crippen molar-refractivity contribution in [3.63, 3.8) is 0 Å². The number of hydrogen-bond donors (Lipinski definition) is 1. The molecule has 0 aliphatic carbocycles. The number of nitrogens with zero attached hydrogens (tertiary/aromatic N) is 2. The molecule has 0 radical (unpaired) electrons. The second-order valence-electron chi connectivity index (χ2n) is 7.83. The highest BCUT2D eigenvalue weighted by Crippen LogP contribution is 2.18. The van der Waals surface area contributed by atoms with E-state index < -0.39 is 10.0 Å². The number of aryl methyl sites for hydroxylation is 1. The van der Waals surface area contributed by atoms with E-state index >= 15 is 0 Å². The van der Waals surface area contributed by atoms with Crippen molar-refractivity contribution in [1.29, 1.82) is 0 Å². The molecule has 33 heavy (non-hydrogen) atoms. The van der Waals surface area contributed by atoms with Crippen LogP contribution in [-0.4, -0.2) is 68.8 Å². The highest BCUT2D eigenvalue weighted by Gasteiger charge is 2.26. The first-order valence-electron chi connectivity index (χ1n) is 11.2. The first kappa shape index (κ1) is 24.9. The van der Waals surface area contributed by atoms with E-state index in [0.717, 1.165) is 11.1 Å². The molecule has 0 bridgehead atoms. The lowest BCUT2D eigenvalue weighted by Crippen LogP contribution is -2.40. The first-order valence-corrected chi connectivity index (χ1v) is 12.6. The second-order valence-corrected chi connectivity index (χ2v) is 9.77. The van der Waals surface area contributed by atoms with Crippen LogP contribution < -0.4 is 5.32 Å². The molecule has 3 rings (SSSR count). The standard InChI is InChI=1S/C24H31N3O5S/c1-2-26(19-21-6-4-3-5-7-21)24(29)18-25-23(28)13-10-20-8-11-22(12-9-20)33(30,31)27-14-16-32-17-15-27/h3-9,11-12H,2,10,13-19H2,1H3,(H,25,28). The van der Waals surface area contributed by atoms with Crippen molar-refractivity contribution in [1.82, 2.24) is 14.5 Å². The monoisotopic (exact) mass is 473 g/mol. The molecule has 1 aliphatic rings. The van der Waals surface area contributed by atoms with Crippen LogP contribution in [0.3, 0.4) is 0 Å². The van der Waals surface area contributed by atoms with Gasteiger partial charge in [0, 0.05) is 32.6 Å². The normalized spacial score (nSPS) is 14.6. The molecular formula is C24H31N3O5S. The van der Waals surface area contributed by atoms with Crippen LogP contribution in [0.1, 0.15) is 24.5 Å².